The molecule has 32 heavy (non-hydrogen) atoms. The van der Waals surface area contributed by atoms with E-state index in [1.165, 1.54) is 17.9 Å². The lowest BCUT2D eigenvalue weighted by atomic mass is 10.2. The maximum absolute atomic E-state index is 13.8. The van der Waals surface area contributed by atoms with Crippen LogP contribution in [0.5, 0.6) is 0 Å². The average Bonchev–Trinajstić information content (AvgIpc) is 2.97. The Balaban J connectivity index is 2.14. The van der Waals surface area contributed by atoms with Gasteiger partial charge in [-0.25, -0.2) is 17.2 Å². The predicted octanol–water partition coefficient (Wildman–Crippen LogP) is 3.70. The van der Waals surface area contributed by atoms with Crippen LogP contribution in [-0.4, -0.2) is 59.0 Å². The van der Waals surface area contributed by atoms with E-state index in [-0.39, 0.29) is 21.4 Å². The van der Waals surface area contributed by atoms with E-state index in [9.17, 15) is 22.0 Å². The fourth-order valence-corrected chi connectivity index (χ4v) is 5.34. The zero-order valence-electron chi connectivity index (χ0n) is 18.6. The molecule has 1 aliphatic heterocycles. The third-order valence-electron chi connectivity index (χ3n) is 5.64. The van der Waals surface area contributed by atoms with Gasteiger partial charge in [0.15, 0.2) is 11.6 Å². The number of hydrogen-bond acceptors (Lipinski definition) is 5. The summed E-state index contributed by atoms with van der Waals surface area (Å²) in [5, 5.41) is 0. The summed E-state index contributed by atoms with van der Waals surface area (Å²) in [5.41, 5.74) is 1.07. The molecular weight excluding hydrogens is 436 g/mol. The summed E-state index contributed by atoms with van der Waals surface area (Å²) in [6, 6.07) is 7.39. The van der Waals surface area contributed by atoms with E-state index in [0.29, 0.717) is 19.0 Å². The molecule has 3 rings (SSSR count). The first kappa shape index (κ1) is 24.1. The standard InChI is InChI=1S/C23H29F2N3O3S/c1-4-10-28(17(2)29)22-15-18(27-12-5-11-26(3)13-14-27)6-9-23(22)32(30,31)19-7-8-20(24)21(25)16-19/h6-9,15-16H,4-5,10-14H2,1-3H3. The molecule has 0 N–H and O–H groups in total. The van der Waals surface area contributed by atoms with Gasteiger partial charge in [-0.1, -0.05) is 6.92 Å². The minimum absolute atomic E-state index is 0.108. The molecular formula is C23H29F2N3O3S. The lowest BCUT2D eigenvalue weighted by Gasteiger charge is -2.28. The predicted molar refractivity (Wildman–Crippen MR) is 121 cm³/mol. The van der Waals surface area contributed by atoms with Gasteiger partial charge in [0.25, 0.3) is 0 Å². The largest absolute Gasteiger partial charge is 0.370 e. The lowest BCUT2D eigenvalue weighted by molar-refractivity contribution is -0.116. The fourth-order valence-electron chi connectivity index (χ4n) is 3.89. The highest BCUT2D eigenvalue weighted by Crippen LogP contribution is 2.35. The Kier molecular flexibility index (Phi) is 7.51. The molecule has 6 nitrogen and oxygen atoms in total. The molecule has 174 valence electrons. The van der Waals surface area contributed by atoms with Crippen LogP contribution in [0.2, 0.25) is 0 Å². The Morgan fingerprint density at radius 2 is 1.78 bits per heavy atom. The van der Waals surface area contributed by atoms with Crippen molar-refractivity contribution >= 4 is 27.1 Å². The Labute approximate surface area is 188 Å². The van der Waals surface area contributed by atoms with Crippen molar-refractivity contribution in [3.05, 3.63) is 48.0 Å². The number of carbonyl (C=O) groups excluding carboxylic acids is 1. The van der Waals surface area contributed by atoms with Crippen LogP contribution in [0.25, 0.3) is 0 Å². The molecule has 0 unspecified atom stereocenters. The van der Waals surface area contributed by atoms with Crippen LogP contribution in [0.15, 0.2) is 46.2 Å². The molecule has 0 saturated carbocycles. The first-order chi connectivity index (χ1) is 15.1. The quantitative estimate of drug-likeness (QED) is 0.609. The number of rotatable bonds is 6. The molecule has 0 radical (unpaired) electrons. The normalized spacial score (nSPS) is 15.5. The summed E-state index contributed by atoms with van der Waals surface area (Å²) in [6.07, 6.45) is 1.59. The highest BCUT2D eigenvalue weighted by atomic mass is 32.2. The van der Waals surface area contributed by atoms with Crippen molar-refractivity contribution in [3.8, 4) is 0 Å². The van der Waals surface area contributed by atoms with Gasteiger partial charge in [0.1, 0.15) is 0 Å². The number of sulfone groups is 1. The van der Waals surface area contributed by atoms with Crippen molar-refractivity contribution in [1.29, 1.82) is 0 Å². The van der Waals surface area contributed by atoms with Gasteiger partial charge >= 0.3 is 0 Å². The van der Waals surface area contributed by atoms with Crippen molar-refractivity contribution in [2.24, 2.45) is 0 Å². The first-order valence-electron chi connectivity index (χ1n) is 10.7. The lowest BCUT2D eigenvalue weighted by Crippen LogP contribution is -2.32. The second kappa shape index (κ2) is 9.95. The maximum atomic E-state index is 13.8. The van der Waals surface area contributed by atoms with Gasteiger partial charge in [-0.2, -0.15) is 0 Å². The summed E-state index contributed by atoms with van der Waals surface area (Å²) in [5.74, 6) is -2.65. The second-order valence-electron chi connectivity index (χ2n) is 8.05. The van der Waals surface area contributed by atoms with Crippen molar-refractivity contribution in [1.82, 2.24) is 4.90 Å². The summed E-state index contributed by atoms with van der Waals surface area (Å²) < 4.78 is 54.0. The Hall–Kier alpha value is -2.52. The summed E-state index contributed by atoms with van der Waals surface area (Å²) in [4.78, 5) is 17.8. The van der Waals surface area contributed by atoms with Gasteiger partial charge in [-0.15, -0.1) is 0 Å². The third-order valence-corrected chi connectivity index (χ3v) is 7.43. The summed E-state index contributed by atoms with van der Waals surface area (Å²) in [7, 11) is -2.14. The van der Waals surface area contributed by atoms with E-state index in [4.69, 9.17) is 0 Å². The summed E-state index contributed by atoms with van der Waals surface area (Å²) >= 11 is 0. The molecule has 0 aromatic heterocycles. The Morgan fingerprint density at radius 1 is 1.03 bits per heavy atom. The molecule has 1 aliphatic rings. The first-order valence-corrected chi connectivity index (χ1v) is 12.2. The molecule has 1 amide bonds. The average molecular weight is 466 g/mol. The van der Waals surface area contributed by atoms with Gasteiger partial charge in [0, 0.05) is 38.8 Å². The molecule has 2 aromatic rings. The summed E-state index contributed by atoms with van der Waals surface area (Å²) in [6.45, 7) is 7.05. The molecule has 0 atom stereocenters. The zero-order valence-corrected chi connectivity index (χ0v) is 19.5. The van der Waals surface area contributed by atoms with Crippen molar-refractivity contribution in [2.45, 2.75) is 36.5 Å². The number of hydrogen-bond donors (Lipinski definition) is 0. The number of nitrogens with zero attached hydrogens (tertiary/aromatic N) is 3. The fraction of sp³-hybridized carbons (Fsp3) is 0.435. The van der Waals surface area contributed by atoms with Crippen molar-refractivity contribution in [3.63, 3.8) is 0 Å². The number of halogens is 2. The molecule has 1 heterocycles. The van der Waals surface area contributed by atoms with Crippen molar-refractivity contribution in [2.75, 3.05) is 49.6 Å². The molecule has 1 fully saturated rings. The number of anilines is 2. The molecule has 0 bridgehead atoms. The van der Waals surface area contributed by atoms with Crippen LogP contribution in [0.3, 0.4) is 0 Å². The van der Waals surface area contributed by atoms with E-state index in [2.05, 4.69) is 16.8 Å². The third kappa shape index (κ3) is 5.10. The number of likely N-dealkylation sites (N-methyl/N-ethyl adjacent to an activating group) is 1. The minimum atomic E-state index is -4.20. The number of carbonyl (C=O) groups is 1. The van der Waals surface area contributed by atoms with Gasteiger partial charge in [0.2, 0.25) is 15.7 Å². The molecule has 9 heteroatoms. The maximum Gasteiger partial charge on any atom is 0.223 e. The van der Waals surface area contributed by atoms with Gasteiger partial charge < -0.3 is 14.7 Å². The Bertz CT molecular complexity index is 1090. The van der Waals surface area contributed by atoms with E-state index in [1.807, 2.05) is 6.92 Å². The van der Waals surface area contributed by atoms with E-state index in [1.54, 1.807) is 12.1 Å². The van der Waals surface area contributed by atoms with Crippen LogP contribution in [0.4, 0.5) is 20.2 Å². The van der Waals surface area contributed by atoms with Crippen LogP contribution in [0, 0.1) is 11.6 Å². The van der Waals surface area contributed by atoms with E-state index in [0.717, 1.165) is 50.4 Å². The number of benzene rings is 2. The number of amides is 1. The van der Waals surface area contributed by atoms with Crippen LogP contribution < -0.4 is 9.80 Å². The SMILES string of the molecule is CCCN(C(C)=O)c1cc(N2CCCN(C)CC2)ccc1S(=O)(=O)c1ccc(F)c(F)c1. The van der Waals surface area contributed by atoms with E-state index >= 15 is 0 Å². The molecule has 0 spiro atoms. The van der Waals surface area contributed by atoms with Gasteiger partial charge in [0.05, 0.1) is 15.5 Å². The smallest absolute Gasteiger partial charge is 0.223 e. The van der Waals surface area contributed by atoms with Gasteiger partial charge in [-0.05, 0) is 62.8 Å². The highest BCUT2D eigenvalue weighted by molar-refractivity contribution is 7.91. The van der Waals surface area contributed by atoms with Crippen molar-refractivity contribution < 1.29 is 22.0 Å². The molecule has 1 saturated heterocycles. The second-order valence-corrected chi connectivity index (χ2v) is 9.96. The zero-order chi connectivity index (χ0) is 23.5. The molecule has 2 aromatic carbocycles. The molecule has 0 aliphatic carbocycles. The van der Waals surface area contributed by atoms with Gasteiger partial charge in [-0.3, -0.25) is 4.79 Å². The topological polar surface area (TPSA) is 60.9 Å². The van der Waals surface area contributed by atoms with Crippen LogP contribution in [-0.2, 0) is 14.6 Å². The Morgan fingerprint density at radius 3 is 2.44 bits per heavy atom. The van der Waals surface area contributed by atoms with Crippen LogP contribution in [0.1, 0.15) is 26.7 Å². The van der Waals surface area contributed by atoms with E-state index < -0.39 is 21.5 Å². The highest BCUT2D eigenvalue weighted by Gasteiger charge is 2.28. The van der Waals surface area contributed by atoms with Crippen LogP contribution >= 0.6 is 0 Å². The minimum Gasteiger partial charge on any atom is -0.370 e. The monoisotopic (exact) mass is 465 g/mol.